The molecule has 1 saturated heterocycles. The molecule has 0 spiro atoms. The zero-order valence-corrected chi connectivity index (χ0v) is 10.2. The van der Waals surface area contributed by atoms with Crippen molar-refractivity contribution in [2.45, 2.75) is 24.9 Å². The van der Waals surface area contributed by atoms with E-state index in [2.05, 4.69) is 5.32 Å². The fourth-order valence-electron chi connectivity index (χ4n) is 2.66. The van der Waals surface area contributed by atoms with Crippen molar-refractivity contribution in [2.75, 3.05) is 19.9 Å². The lowest BCUT2D eigenvalue weighted by molar-refractivity contribution is -0.138. The smallest absolute Gasteiger partial charge is 0.416 e. The maximum atomic E-state index is 13.2. The number of piperidine rings is 1. The SMILES string of the molecule is FC(F)(F)c1cc2c(cc1C1CCCNC1)OCO2. The molecule has 1 atom stereocenters. The Bertz CT molecular complexity index is 482. The van der Waals surface area contributed by atoms with Crippen LogP contribution in [0.25, 0.3) is 0 Å². The monoisotopic (exact) mass is 273 g/mol. The van der Waals surface area contributed by atoms with Crippen molar-refractivity contribution in [3.63, 3.8) is 0 Å². The quantitative estimate of drug-likeness (QED) is 0.853. The predicted molar refractivity (Wildman–Crippen MR) is 62.4 cm³/mol. The minimum absolute atomic E-state index is 0.0149. The van der Waals surface area contributed by atoms with E-state index < -0.39 is 11.7 Å². The molecule has 1 unspecified atom stereocenters. The fraction of sp³-hybridized carbons (Fsp3) is 0.538. The van der Waals surface area contributed by atoms with Gasteiger partial charge < -0.3 is 14.8 Å². The van der Waals surface area contributed by atoms with E-state index >= 15 is 0 Å². The summed E-state index contributed by atoms with van der Waals surface area (Å²) in [6, 6.07) is 2.55. The number of halogens is 3. The van der Waals surface area contributed by atoms with Crippen LogP contribution >= 0.6 is 0 Å². The molecule has 0 aliphatic carbocycles. The van der Waals surface area contributed by atoms with Crippen LogP contribution in [0.2, 0.25) is 0 Å². The Morgan fingerprint density at radius 2 is 1.89 bits per heavy atom. The van der Waals surface area contributed by atoms with Gasteiger partial charge in [-0.1, -0.05) is 0 Å². The first-order chi connectivity index (χ1) is 9.05. The number of nitrogens with one attached hydrogen (secondary N) is 1. The van der Waals surface area contributed by atoms with Crippen molar-refractivity contribution in [1.82, 2.24) is 5.32 Å². The predicted octanol–water partition coefficient (Wildman–Crippen LogP) is 2.90. The van der Waals surface area contributed by atoms with E-state index in [0.717, 1.165) is 25.5 Å². The highest BCUT2D eigenvalue weighted by Crippen LogP contribution is 2.44. The van der Waals surface area contributed by atoms with Crippen molar-refractivity contribution in [1.29, 1.82) is 0 Å². The third-order valence-electron chi connectivity index (χ3n) is 3.59. The summed E-state index contributed by atoms with van der Waals surface area (Å²) in [5.41, 5.74) is -0.297. The summed E-state index contributed by atoms with van der Waals surface area (Å²) in [6.07, 6.45) is -2.72. The largest absolute Gasteiger partial charge is 0.454 e. The maximum Gasteiger partial charge on any atom is 0.416 e. The average Bonchev–Trinajstić information content (AvgIpc) is 2.84. The van der Waals surface area contributed by atoms with Crippen molar-refractivity contribution < 1.29 is 22.6 Å². The summed E-state index contributed by atoms with van der Waals surface area (Å²) in [4.78, 5) is 0. The number of ether oxygens (including phenoxy) is 2. The van der Waals surface area contributed by atoms with Gasteiger partial charge in [-0.25, -0.2) is 0 Å². The van der Waals surface area contributed by atoms with E-state index in [1.54, 1.807) is 0 Å². The van der Waals surface area contributed by atoms with Crippen LogP contribution in [-0.4, -0.2) is 19.9 Å². The Labute approximate surface area is 108 Å². The number of hydrogen-bond donors (Lipinski definition) is 1. The molecule has 2 heterocycles. The summed E-state index contributed by atoms with van der Waals surface area (Å²) in [5, 5.41) is 3.14. The lowest BCUT2D eigenvalue weighted by Crippen LogP contribution is -2.29. The van der Waals surface area contributed by atoms with Gasteiger partial charge in [0.2, 0.25) is 6.79 Å². The molecule has 104 valence electrons. The van der Waals surface area contributed by atoms with Gasteiger partial charge >= 0.3 is 6.18 Å². The minimum Gasteiger partial charge on any atom is -0.454 e. The van der Waals surface area contributed by atoms with Gasteiger partial charge in [0.1, 0.15) is 0 Å². The van der Waals surface area contributed by atoms with Crippen LogP contribution in [0.3, 0.4) is 0 Å². The van der Waals surface area contributed by atoms with Crippen molar-refractivity contribution >= 4 is 0 Å². The van der Waals surface area contributed by atoms with E-state index in [-0.39, 0.29) is 18.5 Å². The number of fused-ring (bicyclic) bond motifs is 1. The zero-order valence-electron chi connectivity index (χ0n) is 10.2. The van der Waals surface area contributed by atoms with Gasteiger partial charge in [0.15, 0.2) is 11.5 Å². The third kappa shape index (κ3) is 2.36. The van der Waals surface area contributed by atoms with E-state index in [9.17, 15) is 13.2 Å². The first kappa shape index (κ1) is 12.6. The highest BCUT2D eigenvalue weighted by molar-refractivity contribution is 5.51. The molecular weight excluding hydrogens is 259 g/mol. The minimum atomic E-state index is -4.37. The summed E-state index contributed by atoms with van der Waals surface area (Å²) in [7, 11) is 0. The summed E-state index contributed by atoms with van der Waals surface area (Å²) >= 11 is 0. The highest BCUT2D eigenvalue weighted by atomic mass is 19.4. The third-order valence-corrected chi connectivity index (χ3v) is 3.59. The highest BCUT2D eigenvalue weighted by Gasteiger charge is 2.37. The molecule has 19 heavy (non-hydrogen) atoms. The van der Waals surface area contributed by atoms with Gasteiger partial charge in [-0.3, -0.25) is 0 Å². The molecular formula is C13H14F3NO2. The molecule has 2 aliphatic heterocycles. The first-order valence-electron chi connectivity index (χ1n) is 6.27. The first-order valence-corrected chi connectivity index (χ1v) is 6.27. The van der Waals surface area contributed by atoms with Crippen LogP contribution in [0.4, 0.5) is 13.2 Å². The van der Waals surface area contributed by atoms with Crippen LogP contribution in [-0.2, 0) is 6.18 Å². The molecule has 0 aromatic heterocycles. The van der Waals surface area contributed by atoms with Crippen molar-refractivity contribution in [2.24, 2.45) is 0 Å². The molecule has 3 rings (SSSR count). The van der Waals surface area contributed by atoms with E-state index in [0.29, 0.717) is 17.9 Å². The number of rotatable bonds is 1. The molecule has 0 radical (unpaired) electrons. The van der Waals surface area contributed by atoms with Gasteiger partial charge in [0.05, 0.1) is 5.56 Å². The maximum absolute atomic E-state index is 13.2. The Kier molecular flexibility index (Phi) is 3.05. The lowest BCUT2D eigenvalue weighted by atomic mass is 9.88. The van der Waals surface area contributed by atoms with Crippen LogP contribution in [0, 0.1) is 0 Å². The van der Waals surface area contributed by atoms with Gasteiger partial charge in [0, 0.05) is 6.54 Å². The standard InChI is InChI=1S/C13H14F3NO2/c14-13(15,16)10-5-12-11(18-7-19-12)4-9(10)8-2-1-3-17-6-8/h4-5,8,17H,1-3,6-7H2. The number of hydrogen-bond acceptors (Lipinski definition) is 3. The molecule has 2 aliphatic rings. The summed E-state index contributed by atoms with van der Waals surface area (Å²) < 4.78 is 49.7. The second-order valence-corrected chi connectivity index (χ2v) is 4.83. The number of benzene rings is 1. The van der Waals surface area contributed by atoms with Gasteiger partial charge in [-0.05, 0) is 43.0 Å². The molecule has 0 saturated carbocycles. The molecule has 0 amide bonds. The topological polar surface area (TPSA) is 30.5 Å². The van der Waals surface area contributed by atoms with Crippen LogP contribution in [0.5, 0.6) is 11.5 Å². The fourth-order valence-corrected chi connectivity index (χ4v) is 2.66. The molecule has 1 aromatic carbocycles. The second-order valence-electron chi connectivity index (χ2n) is 4.83. The average molecular weight is 273 g/mol. The molecule has 1 fully saturated rings. The Morgan fingerprint density at radius 1 is 1.16 bits per heavy atom. The lowest BCUT2D eigenvalue weighted by Gasteiger charge is -2.26. The Morgan fingerprint density at radius 3 is 2.53 bits per heavy atom. The molecule has 3 nitrogen and oxygen atoms in total. The zero-order chi connectivity index (χ0) is 13.5. The second kappa shape index (κ2) is 4.59. The van der Waals surface area contributed by atoms with Crippen molar-refractivity contribution in [3.05, 3.63) is 23.3 Å². The molecule has 1 N–H and O–H groups in total. The van der Waals surface area contributed by atoms with Gasteiger partial charge in [0.25, 0.3) is 0 Å². The normalized spacial score (nSPS) is 22.6. The van der Waals surface area contributed by atoms with Crippen LogP contribution in [0.1, 0.15) is 29.9 Å². The number of alkyl halides is 3. The van der Waals surface area contributed by atoms with Crippen LogP contribution < -0.4 is 14.8 Å². The summed E-state index contributed by atoms with van der Waals surface area (Å²) in [5.74, 6) is 0.466. The van der Waals surface area contributed by atoms with E-state index in [4.69, 9.17) is 9.47 Å². The molecule has 0 bridgehead atoms. The van der Waals surface area contributed by atoms with Crippen molar-refractivity contribution in [3.8, 4) is 11.5 Å². The molecule has 6 heteroatoms. The molecule has 1 aromatic rings. The van der Waals surface area contributed by atoms with E-state index in [1.807, 2.05) is 0 Å². The van der Waals surface area contributed by atoms with E-state index in [1.165, 1.54) is 6.07 Å². The van der Waals surface area contributed by atoms with Crippen LogP contribution in [0.15, 0.2) is 12.1 Å². The Balaban J connectivity index is 2.05. The Hall–Kier alpha value is -1.43. The van der Waals surface area contributed by atoms with Gasteiger partial charge in [-0.15, -0.1) is 0 Å². The van der Waals surface area contributed by atoms with Gasteiger partial charge in [-0.2, -0.15) is 13.2 Å². The summed E-state index contributed by atoms with van der Waals surface area (Å²) in [6.45, 7) is 1.42.